The number of amides is 2. The summed E-state index contributed by atoms with van der Waals surface area (Å²) >= 11 is 0. The van der Waals surface area contributed by atoms with Gasteiger partial charge in [0.05, 0.1) is 25.4 Å². The molecule has 2 aliphatic heterocycles. The summed E-state index contributed by atoms with van der Waals surface area (Å²) in [6.45, 7) is 6.85. The molecule has 0 spiro atoms. The predicted molar refractivity (Wildman–Crippen MR) is 162 cm³/mol. The quantitative estimate of drug-likeness (QED) is 0.277. The summed E-state index contributed by atoms with van der Waals surface area (Å²) in [5.74, 6) is 0.0267. The van der Waals surface area contributed by atoms with Crippen molar-refractivity contribution in [3.63, 3.8) is 0 Å². The van der Waals surface area contributed by atoms with Crippen molar-refractivity contribution in [2.24, 2.45) is 5.92 Å². The molecule has 2 heterocycles. The molecule has 230 valence electrons. The number of nitrogens with zero attached hydrogens (tertiary/aromatic N) is 1. The number of rotatable bonds is 14. The molecule has 0 aromatic heterocycles. The van der Waals surface area contributed by atoms with E-state index in [0.717, 1.165) is 61.9 Å². The van der Waals surface area contributed by atoms with Gasteiger partial charge in [-0.15, -0.1) is 0 Å². The maximum absolute atomic E-state index is 12.6. The predicted octanol–water partition coefficient (Wildman–Crippen LogP) is 4.72. The molecule has 2 aliphatic rings. The van der Waals surface area contributed by atoms with Gasteiger partial charge in [0.25, 0.3) is 0 Å². The van der Waals surface area contributed by atoms with Crippen LogP contribution in [0.25, 0.3) is 0 Å². The molecule has 3 N–H and O–H groups in total. The minimum absolute atomic E-state index is 0.00114. The minimum Gasteiger partial charge on any atom is -0.392 e. The molecule has 2 amide bonds. The molecule has 0 saturated carbocycles. The van der Waals surface area contributed by atoms with Gasteiger partial charge in [0.15, 0.2) is 6.29 Å². The fourth-order valence-corrected chi connectivity index (χ4v) is 5.91. The molecule has 42 heavy (non-hydrogen) atoms. The summed E-state index contributed by atoms with van der Waals surface area (Å²) in [5.41, 5.74) is 3.48. The first-order valence-electron chi connectivity index (χ1n) is 15.3. The van der Waals surface area contributed by atoms with Crippen LogP contribution in [0.15, 0.2) is 48.5 Å². The molecule has 9 nitrogen and oxygen atoms in total. The van der Waals surface area contributed by atoms with E-state index in [1.54, 1.807) is 7.11 Å². The van der Waals surface area contributed by atoms with E-state index >= 15 is 0 Å². The lowest BCUT2D eigenvalue weighted by Gasteiger charge is -2.43. The Hall–Kier alpha value is -2.82. The van der Waals surface area contributed by atoms with Gasteiger partial charge in [0.1, 0.15) is 0 Å². The standard InChI is InChI=1S/C33H47N3O6/c1-23-30(20-36-18-8-11-29(36)22-40-3)41-33(42-32(23)26-15-13-25(21-37)14-16-26)27-9-7-10-28(19-27)35-31(39)12-5-4-6-17-34-24(2)38/h7,9-10,13-16,19,23,29-30,32-33,37H,4-6,8,11-12,17-18,20-22H2,1-3H3,(H,34,38)(H,35,39). The number of aliphatic hydroxyl groups is 1. The maximum Gasteiger partial charge on any atom is 0.224 e. The van der Waals surface area contributed by atoms with Crippen molar-refractivity contribution < 1.29 is 28.9 Å². The molecular weight excluding hydrogens is 534 g/mol. The molecule has 2 aromatic rings. The van der Waals surface area contributed by atoms with Crippen molar-refractivity contribution in [3.8, 4) is 0 Å². The number of hydrogen-bond donors (Lipinski definition) is 3. The van der Waals surface area contributed by atoms with Gasteiger partial charge in [-0.25, -0.2) is 0 Å². The Balaban J connectivity index is 1.44. The number of unbranched alkanes of at least 4 members (excludes halogenated alkanes) is 2. The van der Waals surface area contributed by atoms with Gasteiger partial charge < -0.3 is 30.0 Å². The number of aliphatic hydroxyl groups excluding tert-OH is 1. The van der Waals surface area contributed by atoms with Crippen LogP contribution >= 0.6 is 0 Å². The zero-order chi connectivity index (χ0) is 29.9. The Bertz CT molecular complexity index is 1140. The second kappa shape index (κ2) is 16.1. The summed E-state index contributed by atoms with van der Waals surface area (Å²) in [6, 6.07) is 16.0. The van der Waals surface area contributed by atoms with Crippen LogP contribution in [0, 0.1) is 5.92 Å². The van der Waals surface area contributed by atoms with Crippen LogP contribution in [0.3, 0.4) is 0 Å². The fourth-order valence-electron chi connectivity index (χ4n) is 5.91. The van der Waals surface area contributed by atoms with Crippen molar-refractivity contribution in [2.75, 3.05) is 38.7 Å². The summed E-state index contributed by atoms with van der Waals surface area (Å²) in [5, 5.41) is 15.3. The zero-order valence-electron chi connectivity index (χ0n) is 25.2. The third-order valence-electron chi connectivity index (χ3n) is 8.29. The number of benzene rings is 2. The number of anilines is 1. The van der Waals surface area contributed by atoms with Gasteiger partial charge in [0, 0.05) is 56.8 Å². The van der Waals surface area contributed by atoms with Crippen molar-refractivity contribution >= 4 is 17.5 Å². The van der Waals surface area contributed by atoms with Crippen LogP contribution in [-0.2, 0) is 30.4 Å². The van der Waals surface area contributed by atoms with E-state index in [4.69, 9.17) is 14.2 Å². The van der Waals surface area contributed by atoms with E-state index < -0.39 is 6.29 Å². The first-order chi connectivity index (χ1) is 20.4. The average Bonchev–Trinajstić information content (AvgIpc) is 3.42. The summed E-state index contributed by atoms with van der Waals surface area (Å²) in [6.07, 6.45) is 4.33. The number of ether oxygens (including phenoxy) is 3. The van der Waals surface area contributed by atoms with E-state index in [2.05, 4.69) is 22.5 Å². The van der Waals surface area contributed by atoms with Crippen LogP contribution in [0.5, 0.6) is 0 Å². The molecule has 4 rings (SSSR count). The van der Waals surface area contributed by atoms with Gasteiger partial charge in [-0.1, -0.05) is 49.7 Å². The van der Waals surface area contributed by atoms with Crippen molar-refractivity contribution in [1.82, 2.24) is 10.2 Å². The molecule has 2 aromatic carbocycles. The molecule has 0 radical (unpaired) electrons. The molecule has 2 saturated heterocycles. The lowest BCUT2D eigenvalue weighted by Crippen LogP contribution is -2.46. The van der Waals surface area contributed by atoms with Gasteiger partial charge in [-0.3, -0.25) is 14.5 Å². The summed E-state index contributed by atoms with van der Waals surface area (Å²) < 4.78 is 18.8. The van der Waals surface area contributed by atoms with E-state index in [1.807, 2.05) is 48.5 Å². The molecule has 0 aliphatic carbocycles. The third kappa shape index (κ3) is 9.09. The molecule has 9 heteroatoms. The van der Waals surface area contributed by atoms with Crippen molar-refractivity contribution in [3.05, 3.63) is 65.2 Å². The third-order valence-corrected chi connectivity index (χ3v) is 8.29. The molecule has 0 bridgehead atoms. The largest absolute Gasteiger partial charge is 0.392 e. The number of nitrogens with one attached hydrogen (secondary N) is 2. The Labute approximate surface area is 249 Å². The smallest absolute Gasteiger partial charge is 0.224 e. The topological polar surface area (TPSA) is 109 Å². The van der Waals surface area contributed by atoms with Gasteiger partial charge >= 0.3 is 0 Å². The van der Waals surface area contributed by atoms with Crippen LogP contribution in [-0.4, -0.2) is 67.3 Å². The normalized spacial score (nSPS) is 24.4. The SMILES string of the molecule is COCC1CCCN1CC1OC(c2cccc(NC(=O)CCCCCNC(C)=O)c2)OC(c2ccc(CO)cc2)C1C. The van der Waals surface area contributed by atoms with E-state index in [-0.39, 0.29) is 36.5 Å². The first-order valence-corrected chi connectivity index (χ1v) is 15.3. The summed E-state index contributed by atoms with van der Waals surface area (Å²) in [7, 11) is 1.76. The maximum atomic E-state index is 12.6. The average molecular weight is 582 g/mol. The first kappa shape index (κ1) is 32.1. The Kier molecular flexibility index (Phi) is 12.3. The van der Waals surface area contributed by atoms with Crippen molar-refractivity contribution in [1.29, 1.82) is 0 Å². The highest BCUT2D eigenvalue weighted by atomic mass is 16.7. The fraction of sp³-hybridized carbons (Fsp3) is 0.576. The number of carbonyl (C=O) groups is 2. The number of carbonyl (C=O) groups excluding carboxylic acids is 2. The van der Waals surface area contributed by atoms with Crippen molar-refractivity contribution in [2.45, 2.75) is 83.5 Å². The Morgan fingerprint density at radius 1 is 1.07 bits per heavy atom. The monoisotopic (exact) mass is 581 g/mol. The summed E-state index contributed by atoms with van der Waals surface area (Å²) in [4.78, 5) is 26.1. The van der Waals surface area contributed by atoms with Crippen LogP contribution < -0.4 is 10.6 Å². The number of methoxy groups -OCH3 is 1. The highest BCUT2D eigenvalue weighted by molar-refractivity contribution is 5.90. The molecule has 5 atom stereocenters. The van der Waals surface area contributed by atoms with Gasteiger partial charge in [-0.2, -0.15) is 0 Å². The minimum atomic E-state index is -0.595. The molecular formula is C33H47N3O6. The van der Waals surface area contributed by atoms with E-state index in [0.29, 0.717) is 31.3 Å². The van der Waals surface area contributed by atoms with E-state index in [1.165, 1.54) is 6.92 Å². The number of likely N-dealkylation sites (tertiary alicyclic amines) is 1. The lowest BCUT2D eigenvalue weighted by atomic mass is 9.90. The highest BCUT2D eigenvalue weighted by Crippen LogP contribution is 2.42. The molecule has 5 unspecified atom stereocenters. The number of hydrogen-bond acceptors (Lipinski definition) is 7. The second-order valence-corrected chi connectivity index (χ2v) is 11.5. The Morgan fingerprint density at radius 3 is 2.62 bits per heavy atom. The lowest BCUT2D eigenvalue weighted by molar-refractivity contribution is -0.276. The van der Waals surface area contributed by atoms with Crippen LogP contribution in [0.1, 0.15) is 81.5 Å². The Morgan fingerprint density at radius 2 is 1.88 bits per heavy atom. The van der Waals surface area contributed by atoms with Gasteiger partial charge in [-0.05, 0) is 55.5 Å². The van der Waals surface area contributed by atoms with E-state index in [9.17, 15) is 14.7 Å². The highest BCUT2D eigenvalue weighted by Gasteiger charge is 2.40. The van der Waals surface area contributed by atoms with Crippen LogP contribution in [0.2, 0.25) is 0 Å². The second-order valence-electron chi connectivity index (χ2n) is 11.5. The van der Waals surface area contributed by atoms with Crippen LogP contribution in [0.4, 0.5) is 5.69 Å². The zero-order valence-corrected chi connectivity index (χ0v) is 25.2. The molecule has 2 fully saturated rings. The van der Waals surface area contributed by atoms with Gasteiger partial charge in [0.2, 0.25) is 11.8 Å².